The minimum absolute atomic E-state index is 0.0583. The first-order valence-corrected chi connectivity index (χ1v) is 6.79. The molecule has 1 amide bonds. The second-order valence-electron chi connectivity index (χ2n) is 5.54. The molecular formula is C13H22N4O. The number of nitrogens with one attached hydrogen (secondary N) is 2. The number of nitriles is 1. The number of carbonyl (C=O) groups is 1. The topological polar surface area (TPSA) is 68.2 Å². The average molecular weight is 250 g/mol. The van der Waals surface area contributed by atoms with E-state index >= 15 is 0 Å². The standard InChI is InChI=1S/C13H22N4O/c1-13(4-6-15-7-5-13)16-10-12(18)17-8-2-3-11(17)9-14/h11,15-16H,2-8,10H2,1H3/t11-/m0/s1. The van der Waals surface area contributed by atoms with Crippen LogP contribution in [-0.2, 0) is 4.79 Å². The molecule has 2 N–H and O–H groups in total. The van der Waals surface area contributed by atoms with Crippen molar-refractivity contribution in [3.8, 4) is 6.07 Å². The van der Waals surface area contributed by atoms with Crippen LogP contribution in [0.3, 0.4) is 0 Å². The van der Waals surface area contributed by atoms with Gasteiger partial charge in [-0.3, -0.25) is 4.79 Å². The molecule has 2 saturated heterocycles. The van der Waals surface area contributed by atoms with Gasteiger partial charge in [0.1, 0.15) is 6.04 Å². The van der Waals surface area contributed by atoms with Gasteiger partial charge in [0.25, 0.3) is 0 Å². The summed E-state index contributed by atoms with van der Waals surface area (Å²) in [7, 11) is 0. The van der Waals surface area contributed by atoms with Crippen molar-refractivity contribution >= 4 is 5.91 Å². The number of piperidine rings is 1. The van der Waals surface area contributed by atoms with Crippen LogP contribution in [0, 0.1) is 11.3 Å². The van der Waals surface area contributed by atoms with Gasteiger partial charge in [-0.15, -0.1) is 0 Å². The van der Waals surface area contributed by atoms with Gasteiger partial charge in [0.2, 0.25) is 5.91 Å². The van der Waals surface area contributed by atoms with Gasteiger partial charge in [0.05, 0.1) is 12.6 Å². The highest BCUT2D eigenvalue weighted by Crippen LogP contribution is 2.19. The minimum atomic E-state index is -0.208. The van der Waals surface area contributed by atoms with Gasteiger partial charge < -0.3 is 15.5 Å². The molecular weight excluding hydrogens is 228 g/mol. The van der Waals surface area contributed by atoms with Crippen molar-refractivity contribution < 1.29 is 4.79 Å². The lowest BCUT2D eigenvalue weighted by Gasteiger charge is -2.35. The van der Waals surface area contributed by atoms with Gasteiger partial charge in [-0.05, 0) is 45.7 Å². The number of rotatable bonds is 3. The fraction of sp³-hybridized carbons (Fsp3) is 0.846. The zero-order valence-corrected chi connectivity index (χ0v) is 11.0. The molecule has 0 bridgehead atoms. The normalized spacial score (nSPS) is 26.9. The average Bonchev–Trinajstić information content (AvgIpc) is 2.85. The fourth-order valence-electron chi connectivity index (χ4n) is 2.75. The van der Waals surface area contributed by atoms with Crippen LogP contribution >= 0.6 is 0 Å². The number of likely N-dealkylation sites (tertiary alicyclic amines) is 1. The lowest BCUT2D eigenvalue weighted by atomic mass is 9.90. The number of nitrogens with zero attached hydrogens (tertiary/aromatic N) is 2. The molecule has 2 aliphatic heterocycles. The molecule has 2 aliphatic rings. The van der Waals surface area contributed by atoms with Crippen molar-refractivity contribution in [3.05, 3.63) is 0 Å². The maximum absolute atomic E-state index is 12.1. The van der Waals surface area contributed by atoms with Crippen LogP contribution in [0.25, 0.3) is 0 Å². The van der Waals surface area contributed by atoms with Gasteiger partial charge in [-0.2, -0.15) is 5.26 Å². The third kappa shape index (κ3) is 3.01. The van der Waals surface area contributed by atoms with E-state index in [2.05, 4.69) is 23.6 Å². The molecule has 0 spiro atoms. The number of hydrogen-bond donors (Lipinski definition) is 2. The summed E-state index contributed by atoms with van der Waals surface area (Å²) in [5, 5.41) is 15.7. The summed E-state index contributed by atoms with van der Waals surface area (Å²) < 4.78 is 0. The van der Waals surface area contributed by atoms with E-state index in [0.717, 1.165) is 45.3 Å². The van der Waals surface area contributed by atoms with Crippen molar-refractivity contribution in [3.63, 3.8) is 0 Å². The van der Waals surface area contributed by atoms with E-state index in [4.69, 9.17) is 5.26 Å². The summed E-state index contributed by atoms with van der Waals surface area (Å²) in [4.78, 5) is 13.8. The van der Waals surface area contributed by atoms with Crippen LogP contribution in [0.15, 0.2) is 0 Å². The van der Waals surface area contributed by atoms with E-state index in [1.807, 2.05) is 0 Å². The van der Waals surface area contributed by atoms with Crippen LogP contribution < -0.4 is 10.6 Å². The summed E-state index contributed by atoms with van der Waals surface area (Å²) in [5.74, 6) is 0.0683. The van der Waals surface area contributed by atoms with Crippen molar-refractivity contribution in [2.45, 2.75) is 44.2 Å². The molecule has 0 aromatic carbocycles. The lowest BCUT2D eigenvalue weighted by Crippen LogP contribution is -2.53. The van der Waals surface area contributed by atoms with Crippen molar-refractivity contribution in [2.75, 3.05) is 26.2 Å². The first kappa shape index (κ1) is 13.3. The maximum atomic E-state index is 12.1. The summed E-state index contributed by atoms with van der Waals surface area (Å²) in [6, 6.07) is 2.00. The molecule has 18 heavy (non-hydrogen) atoms. The van der Waals surface area contributed by atoms with Gasteiger partial charge in [-0.25, -0.2) is 0 Å². The molecule has 100 valence electrons. The van der Waals surface area contributed by atoms with E-state index in [1.54, 1.807) is 4.90 Å². The molecule has 5 heteroatoms. The van der Waals surface area contributed by atoms with Gasteiger partial charge in [0.15, 0.2) is 0 Å². The zero-order chi connectivity index (χ0) is 13.0. The Hall–Kier alpha value is -1.12. The smallest absolute Gasteiger partial charge is 0.237 e. The van der Waals surface area contributed by atoms with Crippen molar-refractivity contribution in [1.82, 2.24) is 15.5 Å². The largest absolute Gasteiger partial charge is 0.326 e. The highest BCUT2D eigenvalue weighted by molar-refractivity contribution is 5.79. The Labute approximate surface area is 109 Å². The molecule has 0 unspecified atom stereocenters. The third-order valence-corrected chi connectivity index (χ3v) is 4.10. The monoisotopic (exact) mass is 250 g/mol. The van der Waals surface area contributed by atoms with E-state index in [-0.39, 0.29) is 17.5 Å². The van der Waals surface area contributed by atoms with Crippen molar-refractivity contribution in [1.29, 1.82) is 5.26 Å². The first-order valence-electron chi connectivity index (χ1n) is 6.79. The van der Waals surface area contributed by atoms with E-state index in [0.29, 0.717) is 6.54 Å². The number of hydrogen-bond acceptors (Lipinski definition) is 4. The molecule has 2 rings (SSSR count). The highest BCUT2D eigenvalue weighted by atomic mass is 16.2. The zero-order valence-electron chi connectivity index (χ0n) is 11.0. The molecule has 0 radical (unpaired) electrons. The quantitative estimate of drug-likeness (QED) is 0.752. The van der Waals surface area contributed by atoms with Gasteiger partial charge in [0, 0.05) is 12.1 Å². The van der Waals surface area contributed by atoms with Crippen molar-refractivity contribution in [2.24, 2.45) is 0 Å². The maximum Gasteiger partial charge on any atom is 0.237 e. The molecule has 1 atom stereocenters. The third-order valence-electron chi connectivity index (χ3n) is 4.10. The Balaban J connectivity index is 1.82. The highest BCUT2D eigenvalue weighted by Gasteiger charge is 2.31. The van der Waals surface area contributed by atoms with Crippen LogP contribution in [-0.4, -0.2) is 48.6 Å². The number of carbonyl (C=O) groups excluding carboxylic acids is 1. The Morgan fingerprint density at radius 3 is 2.94 bits per heavy atom. The van der Waals surface area contributed by atoms with E-state index in [9.17, 15) is 4.79 Å². The van der Waals surface area contributed by atoms with Crippen LogP contribution in [0.2, 0.25) is 0 Å². The van der Waals surface area contributed by atoms with Crippen LogP contribution in [0.5, 0.6) is 0 Å². The van der Waals surface area contributed by atoms with Crippen LogP contribution in [0.4, 0.5) is 0 Å². The Bertz CT molecular complexity index is 343. The lowest BCUT2D eigenvalue weighted by molar-refractivity contribution is -0.130. The molecule has 2 heterocycles. The first-order chi connectivity index (χ1) is 8.64. The van der Waals surface area contributed by atoms with E-state index in [1.165, 1.54) is 0 Å². The predicted octanol–water partition coefficient (Wildman–Crippen LogP) is 0.233. The van der Waals surface area contributed by atoms with Gasteiger partial charge in [-0.1, -0.05) is 0 Å². The molecule has 0 saturated carbocycles. The summed E-state index contributed by atoms with van der Waals surface area (Å²) in [5.41, 5.74) is 0.0583. The molecule has 0 aromatic rings. The molecule has 0 aliphatic carbocycles. The predicted molar refractivity (Wildman–Crippen MR) is 68.9 cm³/mol. The fourth-order valence-corrected chi connectivity index (χ4v) is 2.75. The second-order valence-corrected chi connectivity index (χ2v) is 5.54. The number of amides is 1. The molecule has 5 nitrogen and oxygen atoms in total. The SMILES string of the molecule is CC1(NCC(=O)N2CCC[C@H]2C#N)CCNCC1. The van der Waals surface area contributed by atoms with Gasteiger partial charge >= 0.3 is 0 Å². The Kier molecular flexibility index (Phi) is 4.20. The Morgan fingerprint density at radius 2 is 2.28 bits per heavy atom. The van der Waals surface area contributed by atoms with Crippen LogP contribution in [0.1, 0.15) is 32.6 Å². The molecule has 2 fully saturated rings. The molecule has 0 aromatic heterocycles. The van der Waals surface area contributed by atoms with E-state index < -0.39 is 0 Å². The summed E-state index contributed by atoms with van der Waals surface area (Å²) in [6.07, 6.45) is 3.86. The summed E-state index contributed by atoms with van der Waals surface area (Å²) in [6.45, 7) is 5.27. The second kappa shape index (κ2) is 5.68. The minimum Gasteiger partial charge on any atom is -0.326 e. The Morgan fingerprint density at radius 1 is 1.56 bits per heavy atom. The summed E-state index contributed by atoms with van der Waals surface area (Å²) >= 11 is 0.